The molecule has 102 valence electrons. The first-order valence-corrected chi connectivity index (χ1v) is 7.35. The average Bonchev–Trinajstić information content (AvgIpc) is 2.38. The Morgan fingerprint density at radius 3 is 2.53 bits per heavy atom. The number of benzene rings is 1. The Labute approximate surface area is 116 Å². The van der Waals surface area contributed by atoms with E-state index in [2.05, 4.69) is 0 Å². The van der Waals surface area contributed by atoms with E-state index < -0.39 is 12.0 Å². The molecule has 0 radical (unpaired) electrons. The van der Waals surface area contributed by atoms with E-state index in [0.29, 0.717) is 17.9 Å². The van der Waals surface area contributed by atoms with E-state index in [0.717, 1.165) is 16.9 Å². The zero-order valence-corrected chi connectivity index (χ0v) is 11.9. The lowest BCUT2D eigenvalue weighted by molar-refractivity contribution is -0.141. The number of carboxylic acids is 1. The van der Waals surface area contributed by atoms with Crippen molar-refractivity contribution in [3.05, 3.63) is 34.9 Å². The van der Waals surface area contributed by atoms with Crippen LogP contribution in [0.1, 0.15) is 21.5 Å². The number of aliphatic carboxylic acids is 1. The van der Waals surface area contributed by atoms with Gasteiger partial charge in [0.25, 0.3) is 5.91 Å². The fraction of sp³-hybridized carbons (Fsp3) is 0.429. The monoisotopic (exact) mass is 279 g/mol. The second-order valence-electron chi connectivity index (χ2n) is 4.69. The minimum atomic E-state index is -0.924. The average molecular weight is 279 g/mol. The van der Waals surface area contributed by atoms with Gasteiger partial charge in [0.15, 0.2) is 0 Å². The summed E-state index contributed by atoms with van der Waals surface area (Å²) in [6.45, 7) is 4.26. The molecule has 1 atom stereocenters. The molecule has 0 bridgehead atoms. The van der Waals surface area contributed by atoms with Gasteiger partial charge in [0.1, 0.15) is 6.04 Å². The smallest absolute Gasteiger partial charge is 0.327 e. The highest BCUT2D eigenvalue weighted by Crippen LogP contribution is 2.22. The number of hydrogen-bond donors (Lipinski definition) is 1. The molecule has 0 saturated carbocycles. The third-order valence-electron chi connectivity index (χ3n) is 3.37. The fourth-order valence-corrected chi connectivity index (χ4v) is 3.39. The lowest BCUT2D eigenvalue weighted by atomic mass is 10.0. The molecule has 1 unspecified atom stereocenters. The highest BCUT2D eigenvalue weighted by Gasteiger charge is 2.33. The molecule has 1 fully saturated rings. The first-order chi connectivity index (χ1) is 9.02. The van der Waals surface area contributed by atoms with Crippen LogP contribution in [0.15, 0.2) is 18.2 Å². The summed E-state index contributed by atoms with van der Waals surface area (Å²) in [5.41, 5.74) is 2.43. The summed E-state index contributed by atoms with van der Waals surface area (Å²) in [5.74, 6) is 0.169. The second-order valence-corrected chi connectivity index (χ2v) is 5.84. The maximum absolute atomic E-state index is 12.6. The molecule has 1 aromatic carbocycles. The molecule has 4 nitrogen and oxygen atoms in total. The highest BCUT2D eigenvalue weighted by molar-refractivity contribution is 7.99. The van der Waals surface area contributed by atoms with Crippen LogP contribution >= 0.6 is 11.8 Å². The molecule has 1 aliphatic heterocycles. The normalized spacial score (nSPS) is 19.3. The molecule has 0 spiro atoms. The van der Waals surface area contributed by atoms with Crippen molar-refractivity contribution in [1.29, 1.82) is 0 Å². The number of aryl methyl sites for hydroxylation is 2. The van der Waals surface area contributed by atoms with Crippen LogP contribution in [-0.4, -0.2) is 46.0 Å². The van der Waals surface area contributed by atoms with Gasteiger partial charge in [-0.15, -0.1) is 0 Å². The number of carboxylic acid groups (broad SMARTS) is 1. The van der Waals surface area contributed by atoms with Gasteiger partial charge in [-0.2, -0.15) is 11.8 Å². The number of thioether (sulfide) groups is 1. The van der Waals surface area contributed by atoms with Gasteiger partial charge in [0, 0.05) is 23.6 Å². The van der Waals surface area contributed by atoms with E-state index in [9.17, 15) is 14.7 Å². The maximum Gasteiger partial charge on any atom is 0.327 e. The predicted molar refractivity (Wildman–Crippen MR) is 75.7 cm³/mol. The van der Waals surface area contributed by atoms with Crippen LogP contribution in [-0.2, 0) is 4.79 Å². The van der Waals surface area contributed by atoms with Crippen LogP contribution in [0.5, 0.6) is 0 Å². The predicted octanol–water partition coefficient (Wildman–Crippen LogP) is 1.95. The van der Waals surface area contributed by atoms with Crippen LogP contribution in [0.3, 0.4) is 0 Å². The van der Waals surface area contributed by atoms with E-state index in [-0.39, 0.29) is 5.91 Å². The number of carbonyl (C=O) groups is 2. The summed E-state index contributed by atoms with van der Waals surface area (Å²) in [5, 5.41) is 9.24. The standard InChI is InChI=1S/C14H17NO3S/c1-9-4-3-5-10(2)12(9)13(16)15-6-7-19-8-11(15)14(17)18/h3-5,11H,6-8H2,1-2H3,(H,17,18). The van der Waals surface area contributed by atoms with Crippen molar-refractivity contribution in [2.45, 2.75) is 19.9 Å². The van der Waals surface area contributed by atoms with Gasteiger partial charge >= 0.3 is 5.97 Å². The van der Waals surface area contributed by atoms with Crippen molar-refractivity contribution in [2.75, 3.05) is 18.1 Å². The van der Waals surface area contributed by atoms with Crippen molar-refractivity contribution < 1.29 is 14.7 Å². The second kappa shape index (κ2) is 5.65. The van der Waals surface area contributed by atoms with Crippen LogP contribution in [0.2, 0.25) is 0 Å². The molecule has 19 heavy (non-hydrogen) atoms. The summed E-state index contributed by atoms with van der Waals surface area (Å²) in [6.07, 6.45) is 0. The van der Waals surface area contributed by atoms with E-state index in [1.807, 2.05) is 32.0 Å². The molecule has 0 aliphatic carbocycles. The van der Waals surface area contributed by atoms with Crippen molar-refractivity contribution in [3.63, 3.8) is 0 Å². The quantitative estimate of drug-likeness (QED) is 0.899. The first-order valence-electron chi connectivity index (χ1n) is 6.20. The molecule has 1 amide bonds. The van der Waals surface area contributed by atoms with Crippen molar-refractivity contribution in [3.8, 4) is 0 Å². The van der Waals surface area contributed by atoms with Gasteiger partial charge in [0.05, 0.1) is 0 Å². The molecule has 2 rings (SSSR count). The molecule has 1 aliphatic rings. The SMILES string of the molecule is Cc1cccc(C)c1C(=O)N1CCSCC1C(=O)O. The summed E-state index contributed by atoms with van der Waals surface area (Å²) in [6, 6.07) is 4.95. The Kier molecular flexibility index (Phi) is 4.14. The molecular formula is C14H17NO3S. The lowest BCUT2D eigenvalue weighted by Crippen LogP contribution is -2.50. The van der Waals surface area contributed by atoms with E-state index >= 15 is 0 Å². The molecule has 1 saturated heterocycles. The Hall–Kier alpha value is -1.49. The zero-order valence-electron chi connectivity index (χ0n) is 11.0. The summed E-state index contributed by atoms with van der Waals surface area (Å²) < 4.78 is 0. The number of carbonyl (C=O) groups excluding carboxylic acids is 1. The molecule has 0 aromatic heterocycles. The Morgan fingerprint density at radius 2 is 1.95 bits per heavy atom. The van der Waals surface area contributed by atoms with Crippen molar-refractivity contribution >= 4 is 23.6 Å². The summed E-state index contributed by atoms with van der Waals surface area (Å²) in [4.78, 5) is 25.4. The number of nitrogens with zero attached hydrogens (tertiary/aromatic N) is 1. The third kappa shape index (κ3) is 2.76. The van der Waals surface area contributed by atoms with Gasteiger partial charge in [-0.3, -0.25) is 4.79 Å². The van der Waals surface area contributed by atoms with Crippen molar-refractivity contribution in [2.24, 2.45) is 0 Å². The Balaban J connectivity index is 2.34. The summed E-state index contributed by atoms with van der Waals surface area (Å²) >= 11 is 1.58. The van der Waals surface area contributed by atoms with Gasteiger partial charge in [-0.05, 0) is 25.0 Å². The minimum Gasteiger partial charge on any atom is -0.480 e. The van der Waals surface area contributed by atoms with Crippen molar-refractivity contribution in [1.82, 2.24) is 4.90 Å². The van der Waals surface area contributed by atoms with Crippen LogP contribution in [0.25, 0.3) is 0 Å². The van der Waals surface area contributed by atoms with Crippen LogP contribution in [0.4, 0.5) is 0 Å². The summed E-state index contributed by atoms with van der Waals surface area (Å²) in [7, 11) is 0. The largest absolute Gasteiger partial charge is 0.480 e. The molecule has 5 heteroatoms. The van der Waals surface area contributed by atoms with E-state index in [1.165, 1.54) is 4.90 Å². The van der Waals surface area contributed by atoms with E-state index in [4.69, 9.17) is 0 Å². The van der Waals surface area contributed by atoms with Crippen LogP contribution in [0, 0.1) is 13.8 Å². The topological polar surface area (TPSA) is 57.6 Å². The zero-order chi connectivity index (χ0) is 14.0. The fourth-order valence-electron chi connectivity index (χ4n) is 2.35. The lowest BCUT2D eigenvalue weighted by Gasteiger charge is -2.33. The minimum absolute atomic E-state index is 0.164. The number of amides is 1. The third-order valence-corrected chi connectivity index (χ3v) is 4.39. The first kappa shape index (κ1) is 13.9. The molecule has 1 heterocycles. The Bertz CT molecular complexity index is 495. The maximum atomic E-state index is 12.6. The van der Waals surface area contributed by atoms with E-state index in [1.54, 1.807) is 11.8 Å². The molecule has 1 aromatic rings. The van der Waals surface area contributed by atoms with Gasteiger partial charge in [-0.1, -0.05) is 18.2 Å². The highest BCUT2D eigenvalue weighted by atomic mass is 32.2. The van der Waals surface area contributed by atoms with Crippen LogP contribution < -0.4 is 0 Å². The van der Waals surface area contributed by atoms with Gasteiger partial charge in [0.2, 0.25) is 0 Å². The number of hydrogen-bond acceptors (Lipinski definition) is 3. The van der Waals surface area contributed by atoms with Gasteiger partial charge in [-0.25, -0.2) is 4.79 Å². The molecule has 1 N–H and O–H groups in total. The molecular weight excluding hydrogens is 262 g/mol. The Morgan fingerprint density at radius 1 is 1.32 bits per heavy atom. The van der Waals surface area contributed by atoms with Gasteiger partial charge < -0.3 is 10.0 Å². The number of rotatable bonds is 2.